The van der Waals surface area contributed by atoms with E-state index < -0.39 is 23.7 Å². The second kappa shape index (κ2) is 18.6. The standard InChI is InChI=1S/C44H50FN11O4/c1-28-9-14-32(34(45)24-28)39(47)35(51-42(58)33(25-46)41-48-17-5-18-49-41)26-50-31-12-10-29(11-13-31)27-55-22-20-54(21-23-55)19-4-7-30-6-3-8-36-40(30)53(2)44(60)56(36)37-15-16-38(57)52-43(37)59/h3,5-6,8-9,14,17-18,24-26,29,31,37H,10-13,15-16,19-23,27,46-47H2,1-2H3,(H,51,58)(H,52,57,59). The van der Waals surface area contributed by atoms with Crippen LogP contribution in [0, 0.1) is 30.5 Å². The molecule has 2 aromatic carbocycles. The largest absolute Gasteiger partial charge is 0.404 e. The number of halogens is 1. The van der Waals surface area contributed by atoms with Crippen LogP contribution in [0.4, 0.5) is 4.39 Å². The molecule has 2 aliphatic heterocycles. The van der Waals surface area contributed by atoms with Gasteiger partial charge in [0.25, 0.3) is 5.91 Å². The molecule has 0 radical (unpaired) electrons. The van der Waals surface area contributed by atoms with Crippen LogP contribution in [0.3, 0.4) is 0 Å². The van der Waals surface area contributed by atoms with Gasteiger partial charge in [0.05, 0.1) is 46.2 Å². The minimum atomic E-state index is -0.744. The molecule has 2 saturated heterocycles. The van der Waals surface area contributed by atoms with Gasteiger partial charge in [0, 0.05) is 76.6 Å². The zero-order valence-electron chi connectivity index (χ0n) is 33.9. The second-order valence-corrected chi connectivity index (χ2v) is 15.6. The van der Waals surface area contributed by atoms with E-state index in [4.69, 9.17) is 16.5 Å². The maximum atomic E-state index is 15.0. The van der Waals surface area contributed by atoms with Gasteiger partial charge < -0.3 is 21.7 Å². The molecule has 15 nitrogen and oxygen atoms in total. The van der Waals surface area contributed by atoms with Crippen molar-refractivity contribution in [2.45, 2.75) is 57.5 Å². The number of aryl methyl sites for hydroxylation is 2. The molecule has 312 valence electrons. The molecule has 1 unspecified atom stereocenters. The number of allylic oxidation sites excluding steroid dienone is 1. The number of hydrogen-bond donors (Lipinski definition) is 4. The summed E-state index contributed by atoms with van der Waals surface area (Å²) in [7, 11) is 1.68. The topological polar surface area (TPSA) is 199 Å². The van der Waals surface area contributed by atoms with Crippen LogP contribution in [-0.4, -0.2) is 98.1 Å². The molecule has 3 aliphatic rings. The number of amides is 3. The van der Waals surface area contributed by atoms with Crippen molar-refractivity contribution in [3.8, 4) is 11.8 Å². The molecule has 7 rings (SSSR count). The number of piperazine rings is 1. The number of hydrogen-bond acceptors (Lipinski definition) is 11. The number of nitrogens with two attached hydrogens (primary N) is 2. The summed E-state index contributed by atoms with van der Waals surface area (Å²) < 4.78 is 18.0. The molecule has 3 fully saturated rings. The Kier molecular flexibility index (Phi) is 13.0. The number of imide groups is 1. The fourth-order valence-corrected chi connectivity index (χ4v) is 8.20. The van der Waals surface area contributed by atoms with E-state index in [0.717, 1.165) is 70.2 Å². The van der Waals surface area contributed by atoms with Gasteiger partial charge in [-0.3, -0.25) is 38.7 Å². The molecule has 0 bridgehead atoms. The number of fused-ring (bicyclic) bond motifs is 1. The van der Waals surface area contributed by atoms with Crippen LogP contribution in [0.15, 0.2) is 76.5 Å². The summed E-state index contributed by atoms with van der Waals surface area (Å²) in [5.41, 5.74) is 15.1. The van der Waals surface area contributed by atoms with E-state index in [0.29, 0.717) is 29.1 Å². The fourth-order valence-electron chi connectivity index (χ4n) is 8.20. The Balaban J connectivity index is 0.923. The minimum Gasteiger partial charge on any atom is -0.404 e. The summed E-state index contributed by atoms with van der Waals surface area (Å²) in [6, 6.07) is 11.2. The van der Waals surface area contributed by atoms with Gasteiger partial charge in [0.15, 0.2) is 5.82 Å². The third kappa shape index (κ3) is 9.38. The number of carbonyl (C=O) groups excluding carboxylic acids is 3. The van der Waals surface area contributed by atoms with Crippen molar-refractivity contribution in [3.63, 3.8) is 0 Å². The molecule has 0 spiro atoms. The lowest BCUT2D eigenvalue weighted by Crippen LogP contribution is -2.48. The number of nitrogens with zero attached hydrogens (tertiary/aromatic N) is 7. The predicted octanol–water partition coefficient (Wildman–Crippen LogP) is 2.60. The summed E-state index contributed by atoms with van der Waals surface area (Å²) in [5, 5.41) is 5.13. The highest BCUT2D eigenvalue weighted by atomic mass is 19.1. The molecule has 16 heteroatoms. The van der Waals surface area contributed by atoms with Gasteiger partial charge >= 0.3 is 5.69 Å². The summed E-state index contributed by atoms with van der Waals surface area (Å²) in [5.74, 6) is 5.37. The summed E-state index contributed by atoms with van der Waals surface area (Å²) in [4.78, 5) is 68.9. The van der Waals surface area contributed by atoms with Gasteiger partial charge in [-0.05, 0) is 80.8 Å². The molecule has 2 aromatic heterocycles. The van der Waals surface area contributed by atoms with Crippen molar-refractivity contribution < 1.29 is 18.8 Å². The number of carbonyl (C=O) groups is 3. The van der Waals surface area contributed by atoms with Crippen LogP contribution in [0.5, 0.6) is 0 Å². The number of aromatic nitrogens is 4. The van der Waals surface area contributed by atoms with E-state index in [-0.39, 0.29) is 58.8 Å². The zero-order chi connectivity index (χ0) is 42.3. The van der Waals surface area contributed by atoms with E-state index in [1.165, 1.54) is 33.8 Å². The molecule has 4 aromatic rings. The molecule has 1 aliphatic carbocycles. The van der Waals surface area contributed by atoms with Crippen LogP contribution in [0.1, 0.15) is 67.1 Å². The monoisotopic (exact) mass is 815 g/mol. The van der Waals surface area contributed by atoms with E-state index >= 15 is 4.39 Å². The van der Waals surface area contributed by atoms with Gasteiger partial charge in [-0.15, -0.1) is 0 Å². The number of imidazole rings is 1. The number of benzene rings is 2. The molecular formula is C44H50FN11O4. The van der Waals surface area contributed by atoms with Crippen molar-refractivity contribution in [1.82, 2.24) is 39.5 Å². The maximum absolute atomic E-state index is 15.0. The molecular weight excluding hydrogens is 766 g/mol. The molecule has 3 amide bonds. The highest BCUT2D eigenvalue weighted by Gasteiger charge is 2.32. The first-order valence-corrected chi connectivity index (χ1v) is 20.3. The SMILES string of the molecule is Cc1ccc(C(N)=C(C=NC2CCC(CN3CCN(CC#Cc4cccc5c4n(C)c(=O)n5C4CCC(=O)NC4=O)CC3)CC2)NC(=O)C(=CN)c2ncccn2)c(F)c1. The van der Waals surface area contributed by atoms with Gasteiger partial charge in [-0.25, -0.2) is 19.2 Å². The molecule has 4 heterocycles. The van der Waals surface area contributed by atoms with Crippen molar-refractivity contribution >= 4 is 46.2 Å². The second-order valence-electron chi connectivity index (χ2n) is 15.6. The Bertz CT molecular complexity index is 2480. The molecule has 1 atom stereocenters. The summed E-state index contributed by atoms with van der Waals surface area (Å²) in [6.07, 6.45) is 9.88. The van der Waals surface area contributed by atoms with Crippen LogP contribution >= 0.6 is 0 Å². The van der Waals surface area contributed by atoms with E-state index in [1.54, 1.807) is 32.2 Å². The van der Waals surface area contributed by atoms with Crippen LogP contribution < -0.4 is 27.8 Å². The first kappa shape index (κ1) is 41.7. The van der Waals surface area contributed by atoms with Crippen LogP contribution in [-0.2, 0) is 21.4 Å². The van der Waals surface area contributed by atoms with Crippen molar-refractivity contribution in [3.05, 3.63) is 106 Å². The van der Waals surface area contributed by atoms with Crippen molar-refractivity contribution in [1.29, 1.82) is 0 Å². The average molecular weight is 816 g/mol. The lowest BCUT2D eigenvalue weighted by molar-refractivity contribution is -0.135. The fraction of sp³-hybridized carbons (Fsp3) is 0.386. The third-order valence-electron chi connectivity index (χ3n) is 11.5. The summed E-state index contributed by atoms with van der Waals surface area (Å²) >= 11 is 0. The lowest BCUT2D eigenvalue weighted by Gasteiger charge is -2.37. The Labute approximate surface area is 347 Å². The number of aliphatic imine (C=N–C) groups is 1. The Morgan fingerprint density at radius 3 is 2.45 bits per heavy atom. The number of piperidine rings is 1. The Morgan fingerprint density at radius 2 is 1.75 bits per heavy atom. The minimum absolute atomic E-state index is 0.0190. The van der Waals surface area contributed by atoms with Gasteiger partial charge in [0.2, 0.25) is 11.8 Å². The molecule has 1 saturated carbocycles. The van der Waals surface area contributed by atoms with Gasteiger partial charge in [0.1, 0.15) is 11.9 Å². The Hall–Kier alpha value is -6.44. The number of para-hydroxylation sites is 1. The smallest absolute Gasteiger partial charge is 0.329 e. The van der Waals surface area contributed by atoms with E-state index in [9.17, 15) is 19.2 Å². The number of rotatable bonds is 10. The van der Waals surface area contributed by atoms with Gasteiger partial charge in [-0.2, -0.15) is 0 Å². The first-order chi connectivity index (χ1) is 29.0. The molecule has 60 heavy (non-hydrogen) atoms. The summed E-state index contributed by atoms with van der Waals surface area (Å²) in [6.45, 7) is 7.05. The molecule has 6 N–H and O–H groups in total. The third-order valence-corrected chi connectivity index (χ3v) is 11.5. The van der Waals surface area contributed by atoms with Crippen LogP contribution in [0.2, 0.25) is 0 Å². The van der Waals surface area contributed by atoms with Crippen molar-refractivity contribution in [2.24, 2.45) is 29.4 Å². The lowest BCUT2D eigenvalue weighted by atomic mass is 9.86. The predicted molar refractivity (Wildman–Crippen MR) is 227 cm³/mol. The quantitative estimate of drug-likeness (QED) is 0.0799. The van der Waals surface area contributed by atoms with Crippen molar-refractivity contribution in [2.75, 3.05) is 39.3 Å². The highest BCUT2D eigenvalue weighted by molar-refractivity contribution is 6.20. The van der Waals surface area contributed by atoms with Gasteiger partial charge in [-0.1, -0.05) is 24.0 Å². The number of nitrogens with one attached hydrogen (secondary N) is 2. The maximum Gasteiger partial charge on any atom is 0.329 e. The first-order valence-electron chi connectivity index (χ1n) is 20.3. The Morgan fingerprint density at radius 1 is 1.02 bits per heavy atom. The zero-order valence-corrected chi connectivity index (χ0v) is 33.9. The van der Waals surface area contributed by atoms with E-state index in [1.807, 2.05) is 18.2 Å². The van der Waals surface area contributed by atoms with E-state index in [2.05, 4.69) is 42.2 Å². The highest BCUT2D eigenvalue weighted by Crippen LogP contribution is 2.28. The normalized spacial score (nSPS) is 21.1. The van der Waals surface area contributed by atoms with Crippen LogP contribution in [0.25, 0.3) is 22.3 Å². The average Bonchev–Trinajstić information content (AvgIpc) is 3.50.